The van der Waals surface area contributed by atoms with Crippen molar-refractivity contribution in [2.75, 3.05) is 7.11 Å². The maximum Gasteiger partial charge on any atom is 0.348 e. The van der Waals surface area contributed by atoms with Crippen molar-refractivity contribution >= 4 is 33.2 Å². The van der Waals surface area contributed by atoms with E-state index in [4.69, 9.17) is 4.74 Å². The maximum absolute atomic E-state index is 11.7. The van der Waals surface area contributed by atoms with E-state index in [1.165, 1.54) is 18.4 Å². The summed E-state index contributed by atoms with van der Waals surface area (Å²) in [5.41, 5.74) is 3.06. The van der Waals surface area contributed by atoms with Crippen LogP contribution in [0.5, 0.6) is 0 Å². The highest BCUT2D eigenvalue weighted by atomic mass is 79.9. The predicted octanol–water partition coefficient (Wildman–Crippen LogP) is 4.27. The minimum atomic E-state index is -0.283. The summed E-state index contributed by atoms with van der Waals surface area (Å²) in [6.07, 6.45) is 0. The predicted molar refractivity (Wildman–Crippen MR) is 73.5 cm³/mol. The Bertz CT molecular complexity index is 560. The van der Waals surface area contributed by atoms with Gasteiger partial charge < -0.3 is 4.74 Å². The molecule has 17 heavy (non-hydrogen) atoms. The van der Waals surface area contributed by atoms with E-state index in [2.05, 4.69) is 15.9 Å². The van der Waals surface area contributed by atoms with E-state index in [0.29, 0.717) is 4.88 Å². The molecule has 0 aliphatic rings. The Balaban J connectivity index is 2.63. The summed E-state index contributed by atoms with van der Waals surface area (Å²) in [6.45, 7) is 2.00. The maximum atomic E-state index is 11.7. The lowest BCUT2D eigenvalue weighted by molar-refractivity contribution is 0.0607. The highest BCUT2D eigenvalue weighted by Gasteiger charge is 2.19. The number of benzene rings is 1. The van der Waals surface area contributed by atoms with Crippen molar-refractivity contribution in [1.82, 2.24) is 0 Å². The van der Waals surface area contributed by atoms with Gasteiger partial charge in [0.15, 0.2) is 0 Å². The Hall–Kier alpha value is -1.13. The fourth-order valence-corrected chi connectivity index (χ4v) is 3.15. The van der Waals surface area contributed by atoms with Crippen LogP contribution in [0.3, 0.4) is 0 Å². The molecule has 0 spiro atoms. The minimum Gasteiger partial charge on any atom is -0.465 e. The molecule has 0 amide bonds. The summed E-state index contributed by atoms with van der Waals surface area (Å²) in [6, 6.07) is 7.87. The van der Waals surface area contributed by atoms with Gasteiger partial charge in [-0.15, -0.1) is 11.3 Å². The van der Waals surface area contributed by atoms with Gasteiger partial charge in [-0.05, 0) is 29.5 Å². The van der Waals surface area contributed by atoms with E-state index < -0.39 is 0 Å². The van der Waals surface area contributed by atoms with Crippen molar-refractivity contribution in [2.24, 2.45) is 0 Å². The van der Waals surface area contributed by atoms with Crippen LogP contribution in [0.25, 0.3) is 11.1 Å². The number of thiophene rings is 1. The van der Waals surface area contributed by atoms with Crippen LogP contribution in [-0.4, -0.2) is 13.1 Å². The molecule has 2 aromatic rings. The zero-order chi connectivity index (χ0) is 12.4. The number of esters is 1. The summed E-state index contributed by atoms with van der Waals surface area (Å²) in [4.78, 5) is 12.4. The first-order valence-corrected chi connectivity index (χ1v) is 6.73. The van der Waals surface area contributed by atoms with Crippen LogP contribution in [-0.2, 0) is 4.74 Å². The van der Waals surface area contributed by atoms with Gasteiger partial charge in [-0.2, -0.15) is 0 Å². The van der Waals surface area contributed by atoms with Crippen molar-refractivity contribution in [2.45, 2.75) is 6.92 Å². The van der Waals surface area contributed by atoms with E-state index >= 15 is 0 Å². The Morgan fingerprint density at radius 2 is 2.06 bits per heavy atom. The SMILES string of the molecule is COC(=O)c1scc(C)c1-c1ccccc1Br. The van der Waals surface area contributed by atoms with Gasteiger partial charge in [0.05, 0.1) is 7.11 Å². The van der Waals surface area contributed by atoms with Crippen LogP contribution in [0.1, 0.15) is 15.2 Å². The molecule has 0 saturated carbocycles. The molecule has 0 N–H and O–H groups in total. The Morgan fingerprint density at radius 1 is 1.35 bits per heavy atom. The normalized spacial score (nSPS) is 10.3. The number of aryl methyl sites for hydroxylation is 1. The summed E-state index contributed by atoms with van der Waals surface area (Å²) in [7, 11) is 1.40. The molecule has 0 aliphatic carbocycles. The molecular weight excluding hydrogens is 300 g/mol. The minimum absolute atomic E-state index is 0.283. The summed E-state index contributed by atoms with van der Waals surface area (Å²) in [5.74, 6) is -0.283. The average molecular weight is 311 g/mol. The number of hydrogen-bond acceptors (Lipinski definition) is 3. The number of rotatable bonds is 2. The molecule has 2 rings (SSSR count). The fourth-order valence-electron chi connectivity index (χ4n) is 1.69. The zero-order valence-corrected chi connectivity index (χ0v) is 11.9. The van der Waals surface area contributed by atoms with Gasteiger partial charge in [0, 0.05) is 10.0 Å². The van der Waals surface area contributed by atoms with Gasteiger partial charge in [-0.3, -0.25) is 0 Å². The quantitative estimate of drug-likeness (QED) is 0.774. The molecule has 88 valence electrons. The largest absolute Gasteiger partial charge is 0.465 e. The van der Waals surface area contributed by atoms with Gasteiger partial charge in [-0.1, -0.05) is 34.1 Å². The molecule has 0 unspecified atom stereocenters. The summed E-state index contributed by atoms with van der Waals surface area (Å²) < 4.78 is 5.79. The number of halogens is 1. The summed E-state index contributed by atoms with van der Waals surface area (Å²) in [5, 5.41) is 1.97. The van der Waals surface area contributed by atoms with Gasteiger partial charge in [-0.25, -0.2) is 4.79 Å². The van der Waals surface area contributed by atoms with Crippen LogP contribution >= 0.6 is 27.3 Å². The third kappa shape index (κ3) is 2.28. The van der Waals surface area contributed by atoms with Crippen LogP contribution < -0.4 is 0 Å². The molecule has 0 aliphatic heterocycles. The van der Waals surface area contributed by atoms with Crippen LogP contribution in [0.2, 0.25) is 0 Å². The van der Waals surface area contributed by atoms with Crippen LogP contribution in [0.4, 0.5) is 0 Å². The smallest absolute Gasteiger partial charge is 0.348 e. The van der Waals surface area contributed by atoms with Crippen molar-refractivity contribution in [1.29, 1.82) is 0 Å². The topological polar surface area (TPSA) is 26.3 Å². The van der Waals surface area contributed by atoms with Crippen molar-refractivity contribution in [3.63, 3.8) is 0 Å². The average Bonchev–Trinajstić information content (AvgIpc) is 2.71. The lowest BCUT2D eigenvalue weighted by Crippen LogP contribution is -2.00. The molecular formula is C13H11BrO2S. The molecule has 0 bridgehead atoms. The second-order valence-electron chi connectivity index (χ2n) is 3.59. The molecule has 2 nitrogen and oxygen atoms in total. The van der Waals surface area contributed by atoms with Crippen molar-refractivity contribution in [3.8, 4) is 11.1 Å². The zero-order valence-electron chi connectivity index (χ0n) is 9.49. The third-order valence-electron chi connectivity index (χ3n) is 2.49. The molecule has 0 saturated heterocycles. The molecule has 1 aromatic carbocycles. The van der Waals surface area contributed by atoms with Crippen LogP contribution in [0, 0.1) is 6.92 Å². The lowest BCUT2D eigenvalue weighted by Gasteiger charge is -2.06. The first-order chi connectivity index (χ1) is 8.15. The second-order valence-corrected chi connectivity index (χ2v) is 5.33. The number of carbonyl (C=O) groups excluding carboxylic acids is 1. The van der Waals surface area contributed by atoms with Gasteiger partial charge in [0.25, 0.3) is 0 Å². The van der Waals surface area contributed by atoms with E-state index in [9.17, 15) is 4.79 Å². The molecule has 1 aromatic heterocycles. The van der Waals surface area contributed by atoms with Crippen LogP contribution in [0.15, 0.2) is 34.1 Å². The second kappa shape index (κ2) is 5.02. The first-order valence-electron chi connectivity index (χ1n) is 5.06. The molecule has 0 atom stereocenters. The Labute approximate surface area is 112 Å². The van der Waals surface area contributed by atoms with Crippen molar-refractivity contribution < 1.29 is 9.53 Å². The molecule has 0 fully saturated rings. The Morgan fingerprint density at radius 3 is 2.71 bits per heavy atom. The molecule has 4 heteroatoms. The van der Waals surface area contributed by atoms with E-state index in [1.807, 2.05) is 36.6 Å². The standard InChI is InChI=1S/C13H11BrO2S/c1-8-7-17-12(13(15)16-2)11(8)9-5-3-4-6-10(9)14/h3-7H,1-2H3. The van der Waals surface area contributed by atoms with Gasteiger partial charge in [0.1, 0.15) is 4.88 Å². The number of carbonyl (C=O) groups is 1. The first kappa shape index (κ1) is 12.3. The monoisotopic (exact) mass is 310 g/mol. The highest BCUT2D eigenvalue weighted by molar-refractivity contribution is 9.10. The third-order valence-corrected chi connectivity index (χ3v) is 4.26. The van der Waals surface area contributed by atoms with E-state index in [-0.39, 0.29) is 5.97 Å². The molecule has 1 heterocycles. The van der Waals surface area contributed by atoms with E-state index in [0.717, 1.165) is 21.2 Å². The highest BCUT2D eigenvalue weighted by Crippen LogP contribution is 2.36. The van der Waals surface area contributed by atoms with E-state index in [1.54, 1.807) is 0 Å². The van der Waals surface area contributed by atoms with Gasteiger partial charge in [0.2, 0.25) is 0 Å². The lowest BCUT2D eigenvalue weighted by atomic mass is 10.0. The van der Waals surface area contributed by atoms with Gasteiger partial charge >= 0.3 is 5.97 Å². The molecule has 0 radical (unpaired) electrons. The van der Waals surface area contributed by atoms with Crippen molar-refractivity contribution in [3.05, 3.63) is 44.6 Å². The number of methoxy groups -OCH3 is 1. The summed E-state index contributed by atoms with van der Waals surface area (Å²) >= 11 is 4.93. The number of ether oxygens (including phenoxy) is 1. The number of hydrogen-bond donors (Lipinski definition) is 0. The fraction of sp³-hybridized carbons (Fsp3) is 0.154. The Kier molecular flexibility index (Phi) is 3.64.